The zero-order valence-electron chi connectivity index (χ0n) is 20.5. The van der Waals surface area contributed by atoms with Gasteiger partial charge in [0.1, 0.15) is 11.5 Å². The lowest BCUT2D eigenvalue weighted by Crippen LogP contribution is -2.29. The van der Waals surface area contributed by atoms with Gasteiger partial charge in [-0.25, -0.2) is 0 Å². The molecule has 3 aromatic rings. The van der Waals surface area contributed by atoms with Crippen LogP contribution >= 0.6 is 0 Å². The SMILES string of the molecule is CCOc1cc(NC(=O)c2ccccc2)c(OCC)cc1NC(=O)CCNC(=O)Cc1ccccc1. The molecule has 0 aliphatic heterocycles. The minimum Gasteiger partial charge on any atom is -0.492 e. The lowest BCUT2D eigenvalue weighted by atomic mass is 10.1. The third kappa shape index (κ3) is 7.87. The molecule has 36 heavy (non-hydrogen) atoms. The Balaban J connectivity index is 1.65. The Kier molecular flexibility index (Phi) is 9.88. The number of rotatable bonds is 12. The molecule has 8 heteroatoms. The van der Waals surface area contributed by atoms with Crippen molar-refractivity contribution in [1.29, 1.82) is 0 Å². The molecule has 3 rings (SSSR count). The fraction of sp³-hybridized carbons (Fsp3) is 0.250. The average Bonchev–Trinajstić information content (AvgIpc) is 2.87. The molecule has 0 aromatic heterocycles. The Bertz CT molecular complexity index is 1170. The van der Waals surface area contributed by atoms with Crippen LogP contribution in [0.2, 0.25) is 0 Å². The number of anilines is 2. The molecule has 3 amide bonds. The highest BCUT2D eigenvalue weighted by atomic mass is 16.5. The van der Waals surface area contributed by atoms with Crippen LogP contribution < -0.4 is 25.4 Å². The summed E-state index contributed by atoms with van der Waals surface area (Å²) >= 11 is 0. The van der Waals surface area contributed by atoms with Gasteiger partial charge in [0, 0.05) is 30.7 Å². The van der Waals surface area contributed by atoms with Crippen LogP contribution in [-0.2, 0) is 16.0 Å². The number of hydrogen-bond donors (Lipinski definition) is 3. The van der Waals surface area contributed by atoms with Crippen molar-refractivity contribution in [2.45, 2.75) is 26.7 Å². The number of amides is 3. The molecule has 0 fully saturated rings. The molecular weight excluding hydrogens is 458 g/mol. The van der Waals surface area contributed by atoms with E-state index in [4.69, 9.17) is 9.47 Å². The van der Waals surface area contributed by atoms with Gasteiger partial charge in [0.2, 0.25) is 11.8 Å². The maximum absolute atomic E-state index is 12.7. The molecule has 0 atom stereocenters. The van der Waals surface area contributed by atoms with Crippen molar-refractivity contribution in [3.63, 3.8) is 0 Å². The van der Waals surface area contributed by atoms with E-state index in [1.165, 1.54) is 0 Å². The maximum atomic E-state index is 12.7. The topological polar surface area (TPSA) is 106 Å². The van der Waals surface area contributed by atoms with Gasteiger partial charge < -0.3 is 25.4 Å². The zero-order valence-corrected chi connectivity index (χ0v) is 20.5. The van der Waals surface area contributed by atoms with Crippen LogP contribution in [0.25, 0.3) is 0 Å². The summed E-state index contributed by atoms with van der Waals surface area (Å²) in [5.74, 6) is 0.0603. The Morgan fingerprint density at radius 2 is 1.28 bits per heavy atom. The lowest BCUT2D eigenvalue weighted by Gasteiger charge is -2.18. The summed E-state index contributed by atoms with van der Waals surface area (Å²) in [7, 11) is 0. The van der Waals surface area contributed by atoms with Gasteiger partial charge in [0.25, 0.3) is 5.91 Å². The molecule has 0 aliphatic carbocycles. The Hall–Kier alpha value is -4.33. The van der Waals surface area contributed by atoms with Gasteiger partial charge in [0.05, 0.1) is 31.0 Å². The lowest BCUT2D eigenvalue weighted by molar-refractivity contribution is -0.120. The third-order valence-corrected chi connectivity index (χ3v) is 5.12. The second-order valence-electron chi connectivity index (χ2n) is 7.84. The number of nitrogens with one attached hydrogen (secondary N) is 3. The Morgan fingerprint density at radius 1 is 0.722 bits per heavy atom. The predicted octanol–water partition coefficient (Wildman–Crippen LogP) is 4.42. The van der Waals surface area contributed by atoms with Crippen LogP contribution in [0, 0.1) is 0 Å². The quantitative estimate of drug-likeness (QED) is 0.349. The first-order chi connectivity index (χ1) is 17.5. The molecule has 0 saturated carbocycles. The molecule has 8 nitrogen and oxygen atoms in total. The van der Waals surface area contributed by atoms with Crippen LogP contribution in [-0.4, -0.2) is 37.5 Å². The third-order valence-electron chi connectivity index (χ3n) is 5.12. The minimum absolute atomic E-state index is 0.0859. The summed E-state index contributed by atoms with van der Waals surface area (Å²) in [5.41, 5.74) is 2.26. The monoisotopic (exact) mass is 489 g/mol. The van der Waals surface area contributed by atoms with Crippen molar-refractivity contribution >= 4 is 29.1 Å². The largest absolute Gasteiger partial charge is 0.492 e. The summed E-state index contributed by atoms with van der Waals surface area (Å²) in [6.45, 7) is 4.58. The van der Waals surface area contributed by atoms with Gasteiger partial charge >= 0.3 is 0 Å². The van der Waals surface area contributed by atoms with E-state index in [2.05, 4.69) is 16.0 Å². The molecule has 0 heterocycles. The molecule has 0 bridgehead atoms. The second-order valence-corrected chi connectivity index (χ2v) is 7.84. The first-order valence-corrected chi connectivity index (χ1v) is 11.9. The first-order valence-electron chi connectivity index (χ1n) is 11.9. The number of carbonyl (C=O) groups is 3. The van der Waals surface area contributed by atoms with Crippen molar-refractivity contribution in [3.8, 4) is 11.5 Å². The molecular formula is C28H31N3O5. The van der Waals surface area contributed by atoms with Crippen LogP contribution in [0.4, 0.5) is 11.4 Å². The fourth-order valence-electron chi connectivity index (χ4n) is 3.46. The number of carbonyl (C=O) groups excluding carboxylic acids is 3. The highest BCUT2D eigenvalue weighted by Gasteiger charge is 2.17. The van der Waals surface area contributed by atoms with E-state index in [-0.39, 0.29) is 37.1 Å². The summed E-state index contributed by atoms with van der Waals surface area (Å²) in [6, 6.07) is 21.5. The van der Waals surface area contributed by atoms with Gasteiger partial charge in [-0.2, -0.15) is 0 Å². The summed E-state index contributed by atoms with van der Waals surface area (Å²) in [6.07, 6.45) is 0.341. The number of hydrogen-bond acceptors (Lipinski definition) is 5. The fourth-order valence-corrected chi connectivity index (χ4v) is 3.46. The number of benzene rings is 3. The van der Waals surface area contributed by atoms with E-state index >= 15 is 0 Å². The molecule has 0 spiro atoms. The highest BCUT2D eigenvalue weighted by Crippen LogP contribution is 2.37. The van der Waals surface area contributed by atoms with E-state index in [0.29, 0.717) is 41.7 Å². The molecule has 0 aliphatic rings. The predicted molar refractivity (Wildman–Crippen MR) is 140 cm³/mol. The molecule has 0 unspecified atom stereocenters. The van der Waals surface area contributed by atoms with Crippen LogP contribution in [0.5, 0.6) is 11.5 Å². The summed E-state index contributed by atoms with van der Waals surface area (Å²) < 4.78 is 11.4. The summed E-state index contributed by atoms with van der Waals surface area (Å²) in [5, 5.41) is 8.44. The molecule has 3 N–H and O–H groups in total. The van der Waals surface area contributed by atoms with Crippen molar-refractivity contribution in [1.82, 2.24) is 5.32 Å². The molecule has 0 saturated heterocycles. The first kappa shape index (κ1) is 26.3. The highest BCUT2D eigenvalue weighted by molar-refractivity contribution is 6.05. The van der Waals surface area contributed by atoms with Crippen molar-refractivity contribution < 1.29 is 23.9 Å². The van der Waals surface area contributed by atoms with Gasteiger partial charge in [-0.15, -0.1) is 0 Å². The van der Waals surface area contributed by atoms with Crippen LogP contribution in [0.1, 0.15) is 36.2 Å². The van der Waals surface area contributed by atoms with Crippen molar-refractivity contribution in [2.24, 2.45) is 0 Å². The average molecular weight is 490 g/mol. The van der Waals surface area contributed by atoms with Gasteiger partial charge in [0.15, 0.2) is 0 Å². The van der Waals surface area contributed by atoms with Gasteiger partial charge in [-0.3, -0.25) is 14.4 Å². The normalized spacial score (nSPS) is 10.3. The van der Waals surface area contributed by atoms with Crippen molar-refractivity contribution in [3.05, 3.63) is 83.9 Å². The second kappa shape index (κ2) is 13.5. The van der Waals surface area contributed by atoms with Crippen LogP contribution in [0.15, 0.2) is 72.8 Å². The van der Waals surface area contributed by atoms with Crippen LogP contribution in [0.3, 0.4) is 0 Å². The smallest absolute Gasteiger partial charge is 0.255 e. The van der Waals surface area contributed by atoms with Gasteiger partial charge in [-0.1, -0.05) is 48.5 Å². The van der Waals surface area contributed by atoms with E-state index in [0.717, 1.165) is 5.56 Å². The standard InChI is InChI=1S/C28H31N3O5/c1-3-35-24-19-23(31-28(34)21-13-9-6-10-14-21)25(36-4-2)18-22(24)30-26(32)15-16-29-27(33)17-20-11-7-5-8-12-20/h5-14,18-19H,3-4,15-17H2,1-2H3,(H,29,33)(H,30,32)(H,31,34). The van der Waals surface area contributed by atoms with E-state index in [1.54, 1.807) is 36.4 Å². The Morgan fingerprint density at radius 3 is 1.86 bits per heavy atom. The Labute approximate surface area is 211 Å². The number of ether oxygens (including phenoxy) is 2. The maximum Gasteiger partial charge on any atom is 0.255 e. The molecule has 188 valence electrons. The minimum atomic E-state index is -0.292. The molecule has 3 aromatic carbocycles. The van der Waals surface area contributed by atoms with E-state index < -0.39 is 0 Å². The van der Waals surface area contributed by atoms with E-state index in [9.17, 15) is 14.4 Å². The summed E-state index contributed by atoms with van der Waals surface area (Å²) in [4.78, 5) is 37.4. The van der Waals surface area contributed by atoms with Gasteiger partial charge in [-0.05, 0) is 31.5 Å². The zero-order chi connectivity index (χ0) is 25.8. The van der Waals surface area contributed by atoms with E-state index in [1.807, 2.05) is 50.2 Å². The molecule has 0 radical (unpaired) electrons. The van der Waals surface area contributed by atoms with Crippen molar-refractivity contribution in [2.75, 3.05) is 30.4 Å².